The Bertz CT molecular complexity index is 462. The molecular formula is C12H18N2O3S. The number of nitrogens with one attached hydrogen (secondary N) is 1. The van der Waals surface area contributed by atoms with Crippen LogP contribution in [-0.4, -0.2) is 26.7 Å². The maximum Gasteiger partial charge on any atom is 0.350 e. The Labute approximate surface area is 111 Å². The Morgan fingerprint density at radius 3 is 2.61 bits per heavy atom. The first kappa shape index (κ1) is 14.4. The van der Waals surface area contributed by atoms with E-state index in [9.17, 15) is 4.79 Å². The molecule has 3 N–H and O–H groups in total. The van der Waals surface area contributed by atoms with Crippen molar-refractivity contribution in [1.29, 1.82) is 0 Å². The largest absolute Gasteiger partial charge is 0.492 e. The molecule has 0 amide bonds. The number of nitrogen functional groups attached to an aromatic ring is 1. The SMILES string of the molecule is COC(=O)c1sc(NCC=C(C)C)c(OC)c1N. The number of hydrogen-bond donors (Lipinski definition) is 2. The first-order chi connectivity index (χ1) is 8.51. The van der Waals surface area contributed by atoms with Crippen LogP contribution in [0.5, 0.6) is 5.75 Å². The van der Waals surface area contributed by atoms with Crippen LogP contribution in [0.1, 0.15) is 23.5 Å². The van der Waals surface area contributed by atoms with Crippen LogP contribution in [0.15, 0.2) is 11.6 Å². The summed E-state index contributed by atoms with van der Waals surface area (Å²) in [5, 5.41) is 3.89. The number of rotatable bonds is 5. The molecule has 0 fully saturated rings. The molecule has 1 heterocycles. The molecule has 0 unspecified atom stereocenters. The summed E-state index contributed by atoms with van der Waals surface area (Å²) in [6.07, 6.45) is 2.03. The van der Waals surface area contributed by atoms with Gasteiger partial charge in [0.2, 0.25) is 0 Å². The molecule has 0 aliphatic rings. The highest BCUT2D eigenvalue weighted by atomic mass is 32.1. The van der Waals surface area contributed by atoms with E-state index in [0.717, 1.165) is 5.00 Å². The summed E-state index contributed by atoms with van der Waals surface area (Å²) in [5.74, 6) is 0.0358. The molecule has 0 bridgehead atoms. The van der Waals surface area contributed by atoms with Gasteiger partial charge in [0.05, 0.1) is 14.2 Å². The smallest absolute Gasteiger partial charge is 0.350 e. The lowest BCUT2D eigenvalue weighted by Crippen LogP contribution is -2.02. The number of methoxy groups -OCH3 is 2. The van der Waals surface area contributed by atoms with Gasteiger partial charge < -0.3 is 20.5 Å². The highest BCUT2D eigenvalue weighted by Gasteiger charge is 2.21. The zero-order chi connectivity index (χ0) is 13.7. The van der Waals surface area contributed by atoms with Crippen LogP contribution in [0.2, 0.25) is 0 Å². The van der Waals surface area contributed by atoms with Crippen molar-refractivity contribution in [3.8, 4) is 5.75 Å². The average Bonchev–Trinajstić information content (AvgIpc) is 2.64. The summed E-state index contributed by atoms with van der Waals surface area (Å²) in [4.78, 5) is 11.9. The van der Waals surface area contributed by atoms with E-state index in [2.05, 4.69) is 10.1 Å². The molecule has 6 heteroatoms. The third-order valence-corrected chi connectivity index (χ3v) is 3.37. The summed E-state index contributed by atoms with van der Waals surface area (Å²) < 4.78 is 9.87. The summed E-state index contributed by atoms with van der Waals surface area (Å²) in [7, 11) is 2.84. The lowest BCUT2D eigenvalue weighted by molar-refractivity contribution is 0.0607. The lowest BCUT2D eigenvalue weighted by atomic mass is 10.3. The molecule has 0 aliphatic carbocycles. The van der Waals surface area contributed by atoms with E-state index in [-0.39, 0.29) is 0 Å². The molecular weight excluding hydrogens is 252 g/mol. The Morgan fingerprint density at radius 2 is 2.11 bits per heavy atom. The molecule has 0 saturated heterocycles. The van der Waals surface area contributed by atoms with E-state index in [4.69, 9.17) is 10.5 Å². The normalized spacial score (nSPS) is 9.78. The fourth-order valence-corrected chi connectivity index (χ4v) is 2.35. The highest BCUT2D eigenvalue weighted by Crippen LogP contribution is 2.42. The molecule has 100 valence electrons. The van der Waals surface area contributed by atoms with E-state index in [1.165, 1.54) is 31.1 Å². The van der Waals surface area contributed by atoms with Crippen LogP contribution in [-0.2, 0) is 4.74 Å². The molecule has 1 aromatic rings. The third-order valence-electron chi connectivity index (χ3n) is 2.25. The van der Waals surface area contributed by atoms with Gasteiger partial charge in [-0.1, -0.05) is 11.6 Å². The van der Waals surface area contributed by atoms with Crippen LogP contribution in [0.4, 0.5) is 10.7 Å². The number of carbonyl (C=O) groups is 1. The number of esters is 1. The van der Waals surface area contributed by atoms with Crippen LogP contribution in [0, 0.1) is 0 Å². The third kappa shape index (κ3) is 3.16. The topological polar surface area (TPSA) is 73.6 Å². The molecule has 1 rings (SSSR count). The maximum atomic E-state index is 11.5. The Kier molecular flexibility index (Phi) is 5.03. The van der Waals surface area contributed by atoms with Gasteiger partial charge in [-0.05, 0) is 13.8 Å². The van der Waals surface area contributed by atoms with Crippen molar-refractivity contribution in [2.75, 3.05) is 31.8 Å². The summed E-state index contributed by atoms with van der Waals surface area (Å²) >= 11 is 1.23. The van der Waals surface area contributed by atoms with E-state index in [1.54, 1.807) is 0 Å². The van der Waals surface area contributed by atoms with Crippen LogP contribution >= 0.6 is 11.3 Å². The molecule has 0 aromatic carbocycles. The molecule has 0 saturated carbocycles. The minimum absolute atomic E-state index is 0.314. The highest BCUT2D eigenvalue weighted by molar-refractivity contribution is 7.19. The first-order valence-corrected chi connectivity index (χ1v) is 6.24. The van der Waals surface area contributed by atoms with E-state index < -0.39 is 5.97 Å². The van der Waals surface area contributed by atoms with Crippen molar-refractivity contribution in [3.63, 3.8) is 0 Å². The second kappa shape index (κ2) is 6.30. The minimum atomic E-state index is -0.453. The van der Waals surface area contributed by atoms with Crippen molar-refractivity contribution < 1.29 is 14.3 Å². The molecule has 18 heavy (non-hydrogen) atoms. The van der Waals surface area contributed by atoms with Crippen LogP contribution in [0.25, 0.3) is 0 Å². The predicted octanol–water partition coefficient (Wildman–Crippen LogP) is 2.50. The van der Waals surface area contributed by atoms with Gasteiger partial charge >= 0.3 is 5.97 Å². The number of allylic oxidation sites excluding steroid dienone is 1. The number of carbonyl (C=O) groups excluding carboxylic acids is 1. The molecule has 0 spiro atoms. The summed E-state index contributed by atoms with van der Waals surface area (Å²) in [6, 6.07) is 0. The Balaban J connectivity index is 2.97. The summed E-state index contributed by atoms with van der Waals surface area (Å²) in [5.41, 5.74) is 7.37. The van der Waals surface area contributed by atoms with E-state index >= 15 is 0 Å². The first-order valence-electron chi connectivity index (χ1n) is 5.43. The van der Waals surface area contributed by atoms with Crippen LogP contribution in [0.3, 0.4) is 0 Å². The van der Waals surface area contributed by atoms with Gasteiger partial charge in [0, 0.05) is 6.54 Å². The average molecular weight is 270 g/mol. The van der Waals surface area contributed by atoms with Gasteiger partial charge in [-0.2, -0.15) is 0 Å². The van der Waals surface area contributed by atoms with Crippen molar-refractivity contribution in [2.24, 2.45) is 0 Å². The standard InChI is InChI=1S/C12H18N2O3S/c1-7(2)5-6-14-11-9(16-3)8(13)10(18-11)12(15)17-4/h5,14H,6,13H2,1-4H3. The molecule has 0 radical (unpaired) electrons. The molecule has 1 aromatic heterocycles. The Hall–Kier alpha value is -1.69. The second-order valence-electron chi connectivity index (χ2n) is 3.86. The number of nitrogens with two attached hydrogens (primary N) is 1. The summed E-state index contributed by atoms with van der Waals surface area (Å²) in [6.45, 7) is 4.68. The predicted molar refractivity (Wildman–Crippen MR) is 74.5 cm³/mol. The quantitative estimate of drug-likeness (QED) is 0.635. The van der Waals surface area contributed by atoms with Crippen molar-refractivity contribution in [1.82, 2.24) is 0 Å². The van der Waals surface area contributed by atoms with Crippen molar-refractivity contribution >= 4 is 28.0 Å². The zero-order valence-corrected chi connectivity index (χ0v) is 11.8. The Morgan fingerprint density at radius 1 is 1.44 bits per heavy atom. The second-order valence-corrected chi connectivity index (χ2v) is 4.88. The number of hydrogen-bond acceptors (Lipinski definition) is 6. The lowest BCUT2D eigenvalue weighted by Gasteiger charge is -2.04. The number of ether oxygens (including phenoxy) is 2. The van der Waals surface area contributed by atoms with Crippen molar-refractivity contribution in [2.45, 2.75) is 13.8 Å². The molecule has 0 aliphatic heterocycles. The van der Waals surface area contributed by atoms with Gasteiger partial charge in [0.25, 0.3) is 0 Å². The minimum Gasteiger partial charge on any atom is -0.492 e. The van der Waals surface area contributed by atoms with E-state index in [0.29, 0.717) is 22.9 Å². The fraction of sp³-hybridized carbons (Fsp3) is 0.417. The number of thiophene rings is 1. The molecule has 0 atom stereocenters. The van der Waals surface area contributed by atoms with Crippen LogP contribution < -0.4 is 15.8 Å². The zero-order valence-electron chi connectivity index (χ0n) is 11.0. The molecule has 5 nitrogen and oxygen atoms in total. The van der Waals surface area contributed by atoms with E-state index in [1.807, 2.05) is 19.9 Å². The van der Waals surface area contributed by atoms with Gasteiger partial charge in [0.15, 0.2) is 5.75 Å². The number of anilines is 2. The van der Waals surface area contributed by atoms with Gasteiger partial charge in [-0.15, -0.1) is 11.3 Å². The van der Waals surface area contributed by atoms with Crippen molar-refractivity contribution in [3.05, 3.63) is 16.5 Å². The van der Waals surface area contributed by atoms with Gasteiger partial charge in [-0.25, -0.2) is 4.79 Å². The fourth-order valence-electron chi connectivity index (χ4n) is 1.34. The maximum absolute atomic E-state index is 11.5. The monoisotopic (exact) mass is 270 g/mol. The van der Waals surface area contributed by atoms with Gasteiger partial charge in [0.1, 0.15) is 15.6 Å². The van der Waals surface area contributed by atoms with Gasteiger partial charge in [-0.3, -0.25) is 0 Å².